The topological polar surface area (TPSA) is 9.23 Å². The highest BCUT2D eigenvalue weighted by Gasteiger charge is 1.94. The maximum Gasteiger partial charge on any atom is 0.0488 e. The van der Waals surface area contributed by atoms with Crippen LogP contribution in [0.3, 0.4) is 0 Å². The lowest BCUT2D eigenvalue weighted by Gasteiger charge is -2.09. The standard InChI is InChI=1S/C4H10.C3H6O/c1-3-4-2;1-2-4-3-1/h3-4H2,1-2H3;1-3H2. The van der Waals surface area contributed by atoms with Gasteiger partial charge in [0.05, 0.1) is 0 Å². The van der Waals surface area contributed by atoms with Crippen LogP contribution in [0.25, 0.3) is 0 Å². The Morgan fingerprint density at radius 3 is 1.38 bits per heavy atom. The van der Waals surface area contributed by atoms with Gasteiger partial charge in [0, 0.05) is 13.2 Å². The van der Waals surface area contributed by atoms with E-state index in [1.54, 1.807) is 0 Å². The second-order valence-corrected chi connectivity index (χ2v) is 1.97. The van der Waals surface area contributed by atoms with Gasteiger partial charge in [-0.25, -0.2) is 0 Å². The van der Waals surface area contributed by atoms with Crippen molar-refractivity contribution in [1.82, 2.24) is 0 Å². The van der Waals surface area contributed by atoms with Gasteiger partial charge >= 0.3 is 0 Å². The van der Waals surface area contributed by atoms with Crippen molar-refractivity contribution in [2.24, 2.45) is 0 Å². The van der Waals surface area contributed by atoms with Crippen LogP contribution in [0.15, 0.2) is 0 Å². The Bertz CT molecular complexity index is 25.4. The van der Waals surface area contributed by atoms with Gasteiger partial charge < -0.3 is 4.74 Å². The molecule has 0 radical (unpaired) electrons. The molecule has 1 fully saturated rings. The number of hydrogen-bond acceptors (Lipinski definition) is 1. The second kappa shape index (κ2) is 6.96. The largest absolute Gasteiger partial charge is 0.381 e. The summed E-state index contributed by atoms with van der Waals surface area (Å²) in [5, 5.41) is 0. The molecule has 1 nitrogen and oxygen atoms in total. The van der Waals surface area contributed by atoms with E-state index in [9.17, 15) is 0 Å². The minimum atomic E-state index is 1.00. The summed E-state index contributed by atoms with van der Waals surface area (Å²) in [5.41, 5.74) is 0. The number of rotatable bonds is 1. The van der Waals surface area contributed by atoms with E-state index in [-0.39, 0.29) is 0 Å². The van der Waals surface area contributed by atoms with E-state index < -0.39 is 0 Å². The van der Waals surface area contributed by atoms with Crippen molar-refractivity contribution < 1.29 is 4.74 Å². The molecule has 1 heterocycles. The second-order valence-electron chi connectivity index (χ2n) is 1.97. The Kier molecular flexibility index (Phi) is 6.93. The first-order valence-electron chi connectivity index (χ1n) is 3.49. The zero-order chi connectivity index (χ0) is 6.24. The van der Waals surface area contributed by atoms with Crippen LogP contribution in [0, 0.1) is 0 Å². The van der Waals surface area contributed by atoms with Crippen molar-refractivity contribution in [2.45, 2.75) is 33.1 Å². The fourth-order valence-corrected chi connectivity index (χ4v) is 0.144. The average molecular weight is 116 g/mol. The van der Waals surface area contributed by atoms with Crippen LogP contribution < -0.4 is 0 Å². The average Bonchev–Trinajstić information content (AvgIpc) is 1.61. The van der Waals surface area contributed by atoms with Crippen molar-refractivity contribution in [2.75, 3.05) is 13.2 Å². The van der Waals surface area contributed by atoms with Crippen molar-refractivity contribution in [3.63, 3.8) is 0 Å². The molecule has 50 valence electrons. The first-order chi connectivity index (χ1) is 3.91. The normalized spacial score (nSPS) is 15.8. The van der Waals surface area contributed by atoms with Crippen LogP contribution >= 0.6 is 0 Å². The van der Waals surface area contributed by atoms with Gasteiger partial charge in [0.25, 0.3) is 0 Å². The minimum Gasteiger partial charge on any atom is -0.381 e. The van der Waals surface area contributed by atoms with E-state index in [2.05, 4.69) is 13.8 Å². The van der Waals surface area contributed by atoms with Crippen LogP contribution in [0.2, 0.25) is 0 Å². The van der Waals surface area contributed by atoms with Gasteiger partial charge in [0.15, 0.2) is 0 Å². The van der Waals surface area contributed by atoms with Crippen LogP contribution in [0.4, 0.5) is 0 Å². The molecular weight excluding hydrogens is 100 g/mol. The molecule has 0 N–H and O–H groups in total. The van der Waals surface area contributed by atoms with Gasteiger partial charge in [0.1, 0.15) is 0 Å². The molecule has 0 unspecified atom stereocenters. The van der Waals surface area contributed by atoms with Crippen LogP contribution in [-0.2, 0) is 4.74 Å². The van der Waals surface area contributed by atoms with Crippen molar-refractivity contribution in [1.29, 1.82) is 0 Å². The molecule has 0 aromatic rings. The lowest BCUT2D eigenvalue weighted by molar-refractivity contribution is 0.0367. The Morgan fingerprint density at radius 1 is 1.12 bits per heavy atom. The molecule has 1 saturated heterocycles. The molecular formula is C7H16O. The van der Waals surface area contributed by atoms with E-state index in [1.165, 1.54) is 19.3 Å². The van der Waals surface area contributed by atoms with Gasteiger partial charge in [-0.3, -0.25) is 0 Å². The zero-order valence-corrected chi connectivity index (χ0v) is 5.94. The summed E-state index contributed by atoms with van der Waals surface area (Å²) in [6.45, 7) is 6.36. The fourth-order valence-electron chi connectivity index (χ4n) is 0.144. The van der Waals surface area contributed by atoms with Gasteiger partial charge in [-0.15, -0.1) is 0 Å². The first kappa shape index (κ1) is 7.96. The summed E-state index contributed by atoms with van der Waals surface area (Å²) in [6, 6.07) is 0. The molecule has 0 aromatic carbocycles. The molecule has 1 heteroatoms. The quantitative estimate of drug-likeness (QED) is 0.510. The first-order valence-corrected chi connectivity index (χ1v) is 3.49. The smallest absolute Gasteiger partial charge is 0.0488 e. The Balaban J connectivity index is 0.000000122. The lowest BCUT2D eigenvalue weighted by Crippen LogP contribution is -2.09. The van der Waals surface area contributed by atoms with E-state index >= 15 is 0 Å². The predicted molar refractivity (Wildman–Crippen MR) is 36.0 cm³/mol. The highest BCUT2D eigenvalue weighted by atomic mass is 16.5. The molecule has 0 aromatic heterocycles. The number of hydrogen-bond donors (Lipinski definition) is 0. The molecule has 0 saturated carbocycles. The molecule has 1 rings (SSSR count). The zero-order valence-electron chi connectivity index (χ0n) is 5.94. The van der Waals surface area contributed by atoms with Crippen molar-refractivity contribution in [3.8, 4) is 0 Å². The maximum atomic E-state index is 4.72. The summed E-state index contributed by atoms with van der Waals surface area (Å²) >= 11 is 0. The third kappa shape index (κ3) is 5.96. The molecule has 0 bridgehead atoms. The van der Waals surface area contributed by atoms with Gasteiger partial charge in [-0.05, 0) is 6.42 Å². The molecule has 1 aliphatic rings. The summed E-state index contributed by atoms with van der Waals surface area (Å²) in [5.74, 6) is 0. The predicted octanol–water partition coefficient (Wildman–Crippen LogP) is 2.21. The summed E-state index contributed by atoms with van der Waals surface area (Å²) < 4.78 is 4.72. The summed E-state index contributed by atoms with van der Waals surface area (Å²) in [6.07, 6.45) is 3.92. The number of unbranched alkanes of at least 4 members (excludes halogenated alkanes) is 1. The van der Waals surface area contributed by atoms with E-state index in [0.717, 1.165) is 13.2 Å². The third-order valence-electron chi connectivity index (χ3n) is 1.08. The van der Waals surface area contributed by atoms with E-state index in [4.69, 9.17) is 4.74 Å². The maximum absolute atomic E-state index is 4.72. The molecule has 0 spiro atoms. The third-order valence-corrected chi connectivity index (χ3v) is 1.08. The molecule has 0 aliphatic carbocycles. The molecule has 0 amide bonds. The minimum absolute atomic E-state index is 1.00. The summed E-state index contributed by atoms with van der Waals surface area (Å²) in [7, 11) is 0. The highest BCUT2D eigenvalue weighted by Crippen LogP contribution is 1.93. The Labute approximate surface area is 52.0 Å². The van der Waals surface area contributed by atoms with Crippen molar-refractivity contribution >= 4 is 0 Å². The van der Waals surface area contributed by atoms with E-state index in [0.29, 0.717) is 0 Å². The monoisotopic (exact) mass is 116 g/mol. The van der Waals surface area contributed by atoms with Crippen LogP contribution in [0.1, 0.15) is 33.1 Å². The SMILES string of the molecule is C1COC1.CCCC. The Morgan fingerprint density at radius 2 is 1.38 bits per heavy atom. The lowest BCUT2D eigenvalue weighted by atomic mass is 10.4. The molecule has 0 atom stereocenters. The highest BCUT2D eigenvalue weighted by molar-refractivity contribution is 4.41. The van der Waals surface area contributed by atoms with Gasteiger partial charge in [-0.2, -0.15) is 0 Å². The number of ether oxygens (including phenoxy) is 1. The van der Waals surface area contributed by atoms with E-state index in [1.807, 2.05) is 0 Å². The molecule has 1 aliphatic heterocycles. The van der Waals surface area contributed by atoms with Gasteiger partial charge in [0.2, 0.25) is 0 Å². The van der Waals surface area contributed by atoms with Crippen LogP contribution in [0.5, 0.6) is 0 Å². The Hall–Kier alpha value is -0.0400. The fraction of sp³-hybridized carbons (Fsp3) is 1.00. The summed E-state index contributed by atoms with van der Waals surface area (Å²) in [4.78, 5) is 0. The van der Waals surface area contributed by atoms with Crippen LogP contribution in [-0.4, -0.2) is 13.2 Å². The van der Waals surface area contributed by atoms with Crippen molar-refractivity contribution in [3.05, 3.63) is 0 Å². The van der Waals surface area contributed by atoms with Gasteiger partial charge in [-0.1, -0.05) is 26.7 Å². The molecule has 8 heavy (non-hydrogen) atoms.